The lowest BCUT2D eigenvalue weighted by molar-refractivity contribution is -0.128. The summed E-state index contributed by atoms with van der Waals surface area (Å²) in [6.45, 7) is 1.20. The molecule has 0 spiro atoms. The van der Waals surface area contributed by atoms with E-state index < -0.39 is 6.10 Å². The van der Waals surface area contributed by atoms with Crippen LogP contribution in [-0.2, 0) is 14.4 Å². The fourth-order valence-corrected chi connectivity index (χ4v) is 3.28. The first kappa shape index (κ1) is 20.1. The van der Waals surface area contributed by atoms with Gasteiger partial charge in [-0.05, 0) is 36.4 Å². The fourth-order valence-electron chi connectivity index (χ4n) is 3.28. The Morgan fingerprint density at radius 1 is 0.968 bits per heavy atom. The molecule has 2 N–H and O–H groups in total. The lowest BCUT2D eigenvalue weighted by Gasteiger charge is -2.33. The largest absolute Gasteiger partial charge is 0.472 e. The van der Waals surface area contributed by atoms with Gasteiger partial charge in [-0.3, -0.25) is 19.3 Å². The van der Waals surface area contributed by atoms with E-state index in [-0.39, 0.29) is 24.3 Å². The lowest BCUT2D eigenvalue weighted by Crippen LogP contribution is -2.45. The van der Waals surface area contributed by atoms with E-state index in [1.165, 1.54) is 11.8 Å². The van der Waals surface area contributed by atoms with Gasteiger partial charge in [0.15, 0.2) is 11.6 Å². The zero-order valence-corrected chi connectivity index (χ0v) is 16.7. The molecule has 0 aliphatic carbocycles. The second kappa shape index (κ2) is 8.66. The Bertz CT molecular complexity index is 1120. The third kappa shape index (κ3) is 4.53. The number of amides is 3. The Kier molecular flexibility index (Phi) is 5.61. The number of nitrogens with one attached hydrogen (secondary N) is 2. The maximum absolute atomic E-state index is 13.2. The highest BCUT2D eigenvalue weighted by atomic mass is 16.5. The highest BCUT2D eigenvalue weighted by Gasteiger charge is 2.37. The number of hydrogen-bond acceptors (Lipinski definition) is 5. The molecule has 1 aliphatic heterocycles. The van der Waals surface area contributed by atoms with E-state index in [2.05, 4.69) is 15.6 Å². The molecule has 0 saturated heterocycles. The first-order chi connectivity index (χ1) is 15.0. The fraction of sp³-hybridized carbons (Fsp3) is 0.130. The maximum Gasteiger partial charge on any atom is 0.274 e. The summed E-state index contributed by atoms with van der Waals surface area (Å²) in [5.74, 6) is -0.194. The van der Waals surface area contributed by atoms with Crippen LogP contribution < -0.4 is 20.3 Å². The van der Waals surface area contributed by atoms with Gasteiger partial charge in [-0.2, -0.15) is 0 Å². The normalized spacial score (nSPS) is 14.9. The Labute approximate surface area is 178 Å². The third-order valence-electron chi connectivity index (χ3n) is 4.63. The highest BCUT2D eigenvalue weighted by molar-refractivity contribution is 6.05. The van der Waals surface area contributed by atoms with E-state index in [0.29, 0.717) is 28.5 Å². The van der Waals surface area contributed by atoms with E-state index in [0.717, 1.165) is 0 Å². The van der Waals surface area contributed by atoms with Crippen molar-refractivity contribution in [3.63, 3.8) is 0 Å². The molecule has 1 aliphatic rings. The van der Waals surface area contributed by atoms with Crippen LogP contribution in [0.4, 0.5) is 17.2 Å². The van der Waals surface area contributed by atoms with Crippen molar-refractivity contribution in [3.05, 3.63) is 78.5 Å². The number of rotatable bonds is 5. The van der Waals surface area contributed by atoms with Crippen molar-refractivity contribution >= 4 is 34.9 Å². The Morgan fingerprint density at radius 3 is 2.32 bits per heavy atom. The first-order valence-corrected chi connectivity index (χ1v) is 9.67. The molecule has 2 aromatic carbocycles. The van der Waals surface area contributed by atoms with Gasteiger partial charge in [0.1, 0.15) is 6.54 Å². The molecule has 8 nitrogen and oxygen atoms in total. The summed E-state index contributed by atoms with van der Waals surface area (Å²) in [7, 11) is 0. The molecule has 2 heterocycles. The number of benzene rings is 2. The molecule has 4 rings (SSSR count). The molecule has 8 heteroatoms. The van der Waals surface area contributed by atoms with Gasteiger partial charge in [-0.25, -0.2) is 4.98 Å². The molecule has 0 fully saturated rings. The number of carbonyl (C=O) groups is 3. The smallest absolute Gasteiger partial charge is 0.274 e. The lowest BCUT2D eigenvalue weighted by atomic mass is 10.1. The molecule has 0 radical (unpaired) electrons. The zero-order valence-electron chi connectivity index (χ0n) is 16.7. The average molecular weight is 416 g/mol. The number of anilines is 3. The van der Waals surface area contributed by atoms with Crippen molar-refractivity contribution in [2.24, 2.45) is 0 Å². The summed E-state index contributed by atoms with van der Waals surface area (Å²) < 4.78 is 5.89. The van der Waals surface area contributed by atoms with E-state index in [4.69, 9.17) is 4.74 Å². The molecule has 3 aromatic rings. The van der Waals surface area contributed by atoms with Gasteiger partial charge in [0, 0.05) is 30.1 Å². The highest BCUT2D eigenvalue weighted by Crippen LogP contribution is 2.36. The molecule has 1 aromatic heterocycles. The van der Waals surface area contributed by atoms with Crippen LogP contribution in [0.25, 0.3) is 0 Å². The number of nitrogens with zero attached hydrogens (tertiary/aromatic N) is 2. The summed E-state index contributed by atoms with van der Waals surface area (Å²) >= 11 is 0. The van der Waals surface area contributed by atoms with Crippen LogP contribution in [0.3, 0.4) is 0 Å². The number of ether oxygens (including phenoxy) is 1. The Hall–Kier alpha value is -4.20. The molecule has 156 valence electrons. The van der Waals surface area contributed by atoms with E-state index in [1.54, 1.807) is 54.7 Å². The summed E-state index contributed by atoms with van der Waals surface area (Å²) in [5.41, 5.74) is 1.86. The van der Waals surface area contributed by atoms with Gasteiger partial charge in [-0.1, -0.05) is 30.3 Å². The summed E-state index contributed by atoms with van der Waals surface area (Å²) in [4.78, 5) is 42.6. The number of hydrogen-bond donors (Lipinski definition) is 2. The Morgan fingerprint density at radius 2 is 1.65 bits per heavy atom. The van der Waals surface area contributed by atoms with Crippen molar-refractivity contribution in [3.8, 4) is 5.75 Å². The molecule has 0 saturated carbocycles. The third-order valence-corrected chi connectivity index (χ3v) is 4.63. The number of fused-ring (bicyclic) bond motifs is 1. The molecular weight excluding hydrogens is 396 g/mol. The predicted molar refractivity (Wildman–Crippen MR) is 116 cm³/mol. The summed E-state index contributed by atoms with van der Waals surface area (Å²) in [6.07, 6.45) is 0.687. The molecule has 3 amide bonds. The summed E-state index contributed by atoms with van der Waals surface area (Å²) in [6, 6.07) is 19.2. The number of pyridine rings is 1. The van der Waals surface area contributed by atoms with Crippen LogP contribution in [0, 0.1) is 0 Å². The second-order valence-electron chi connectivity index (χ2n) is 6.96. The minimum atomic E-state index is -0.859. The van der Waals surface area contributed by atoms with Crippen LogP contribution in [0.5, 0.6) is 5.75 Å². The van der Waals surface area contributed by atoms with Gasteiger partial charge < -0.3 is 15.4 Å². The molecular formula is C23H20N4O4. The maximum atomic E-state index is 13.2. The van der Waals surface area contributed by atoms with Gasteiger partial charge in [0.05, 0.1) is 0 Å². The topological polar surface area (TPSA) is 101 Å². The van der Waals surface area contributed by atoms with E-state index in [1.807, 2.05) is 18.2 Å². The van der Waals surface area contributed by atoms with Crippen molar-refractivity contribution in [1.82, 2.24) is 4.98 Å². The van der Waals surface area contributed by atoms with Crippen molar-refractivity contribution in [1.29, 1.82) is 0 Å². The molecule has 31 heavy (non-hydrogen) atoms. The van der Waals surface area contributed by atoms with Crippen LogP contribution in [0.2, 0.25) is 0 Å². The van der Waals surface area contributed by atoms with Crippen LogP contribution >= 0.6 is 0 Å². The number of aromatic nitrogens is 1. The monoisotopic (exact) mass is 416 g/mol. The van der Waals surface area contributed by atoms with Crippen molar-refractivity contribution < 1.29 is 19.1 Å². The second-order valence-corrected chi connectivity index (χ2v) is 6.96. The minimum absolute atomic E-state index is 0.179. The van der Waals surface area contributed by atoms with Crippen molar-refractivity contribution in [2.45, 2.75) is 13.0 Å². The Balaban J connectivity index is 1.52. The SMILES string of the molecule is CC(=O)Nc1ccc(NC(=O)CN2C(=O)C(c3ccccc3)Oc3cccnc32)cc1. The van der Waals surface area contributed by atoms with Gasteiger partial charge in [-0.15, -0.1) is 0 Å². The van der Waals surface area contributed by atoms with Crippen LogP contribution in [-0.4, -0.2) is 29.3 Å². The van der Waals surface area contributed by atoms with Gasteiger partial charge >= 0.3 is 0 Å². The standard InChI is InChI=1S/C23H20N4O4/c1-15(28)25-17-9-11-18(12-10-17)26-20(29)14-27-22-19(8-5-13-24-22)31-21(23(27)30)16-6-3-2-4-7-16/h2-13,21H,14H2,1H3,(H,25,28)(H,26,29). The molecule has 1 unspecified atom stereocenters. The quantitative estimate of drug-likeness (QED) is 0.666. The molecule has 0 bridgehead atoms. The zero-order chi connectivity index (χ0) is 21.8. The average Bonchev–Trinajstić information content (AvgIpc) is 2.77. The van der Waals surface area contributed by atoms with Crippen molar-refractivity contribution in [2.75, 3.05) is 22.1 Å². The van der Waals surface area contributed by atoms with Crippen LogP contribution in [0.15, 0.2) is 72.9 Å². The summed E-state index contributed by atoms with van der Waals surface area (Å²) in [5, 5.41) is 5.42. The predicted octanol–water partition coefficient (Wildman–Crippen LogP) is 3.15. The van der Waals surface area contributed by atoms with Gasteiger partial charge in [0.25, 0.3) is 5.91 Å². The minimum Gasteiger partial charge on any atom is -0.472 e. The van der Waals surface area contributed by atoms with Gasteiger partial charge in [0.2, 0.25) is 17.9 Å². The first-order valence-electron chi connectivity index (χ1n) is 9.67. The van der Waals surface area contributed by atoms with Crippen LogP contribution in [0.1, 0.15) is 18.6 Å². The number of carbonyl (C=O) groups excluding carboxylic acids is 3. The van der Waals surface area contributed by atoms with E-state index in [9.17, 15) is 14.4 Å². The van der Waals surface area contributed by atoms with E-state index >= 15 is 0 Å². The molecule has 1 atom stereocenters.